The Hall–Kier alpha value is -3.48. The third-order valence-electron chi connectivity index (χ3n) is 5.42. The number of nitrogens with zero attached hydrogens (tertiary/aromatic N) is 1. The third kappa shape index (κ3) is 4.21. The number of fused-ring (bicyclic) bond motifs is 1. The van der Waals surface area contributed by atoms with Crippen molar-refractivity contribution in [2.45, 2.75) is 24.7 Å². The van der Waals surface area contributed by atoms with Crippen molar-refractivity contribution in [3.8, 4) is 5.75 Å². The van der Waals surface area contributed by atoms with Crippen LogP contribution >= 0.6 is 0 Å². The van der Waals surface area contributed by atoms with E-state index in [4.69, 9.17) is 4.74 Å². The molecule has 7 heteroatoms. The summed E-state index contributed by atoms with van der Waals surface area (Å²) >= 11 is 0. The summed E-state index contributed by atoms with van der Waals surface area (Å²) in [5.74, 6) is -1.26. The predicted octanol–water partition coefficient (Wildman–Crippen LogP) is 5.18. The van der Waals surface area contributed by atoms with Crippen molar-refractivity contribution in [1.82, 2.24) is 5.32 Å². The summed E-state index contributed by atoms with van der Waals surface area (Å²) in [6.45, 7) is 0. The Labute approximate surface area is 178 Å². The first-order chi connectivity index (χ1) is 14.9. The first kappa shape index (κ1) is 20.8. The largest absolute Gasteiger partial charge is 0.497 e. The summed E-state index contributed by atoms with van der Waals surface area (Å²) in [5, 5.41) is 2.24. The number of carbonyl (C=O) groups is 1. The number of nitrogens with one attached hydrogen (secondary N) is 1. The summed E-state index contributed by atoms with van der Waals surface area (Å²) in [4.78, 5) is 13.9. The van der Waals surface area contributed by atoms with Gasteiger partial charge in [-0.05, 0) is 47.9 Å². The minimum Gasteiger partial charge on any atom is -0.497 e. The van der Waals surface area contributed by atoms with Crippen molar-refractivity contribution in [2.75, 3.05) is 12.0 Å². The molecule has 1 aliphatic rings. The van der Waals surface area contributed by atoms with Gasteiger partial charge in [-0.2, -0.15) is 13.2 Å². The highest BCUT2D eigenvalue weighted by molar-refractivity contribution is 5.82. The van der Waals surface area contributed by atoms with E-state index in [2.05, 4.69) is 5.32 Å². The van der Waals surface area contributed by atoms with Gasteiger partial charge in [-0.15, -0.1) is 0 Å². The topological polar surface area (TPSA) is 41.6 Å². The van der Waals surface area contributed by atoms with Gasteiger partial charge in [0.15, 0.2) is 0 Å². The molecule has 31 heavy (non-hydrogen) atoms. The van der Waals surface area contributed by atoms with Crippen molar-refractivity contribution in [2.24, 2.45) is 0 Å². The van der Waals surface area contributed by atoms with Crippen LogP contribution in [0.15, 0.2) is 78.9 Å². The van der Waals surface area contributed by atoms with E-state index in [1.165, 1.54) is 0 Å². The van der Waals surface area contributed by atoms with E-state index in [9.17, 15) is 18.0 Å². The summed E-state index contributed by atoms with van der Waals surface area (Å²) < 4.78 is 44.5. The first-order valence-corrected chi connectivity index (χ1v) is 9.82. The number of anilines is 2. The van der Waals surface area contributed by atoms with E-state index in [1.807, 2.05) is 71.6 Å². The molecule has 2 atom stereocenters. The maximum atomic E-state index is 13.1. The molecule has 1 aliphatic heterocycles. The van der Waals surface area contributed by atoms with Gasteiger partial charge in [0.25, 0.3) is 0 Å². The normalized spacial score (nSPS) is 18.3. The summed E-state index contributed by atoms with van der Waals surface area (Å²) in [7, 11) is 1.57. The number of hydrogen-bond donors (Lipinski definition) is 1. The lowest BCUT2D eigenvalue weighted by molar-refractivity contribution is -0.174. The zero-order valence-corrected chi connectivity index (χ0v) is 16.8. The quantitative estimate of drug-likeness (QED) is 0.625. The van der Waals surface area contributed by atoms with Crippen LogP contribution in [0, 0.1) is 0 Å². The third-order valence-corrected chi connectivity index (χ3v) is 5.42. The van der Waals surface area contributed by atoms with Crippen LogP contribution in [-0.2, 0) is 11.2 Å². The zero-order chi connectivity index (χ0) is 22.0. The zero-order valence-electron chi connectivity index (χ0n) is 16.8. The summed E-state index contributed by atoms with van der Waals surface area (Å²) in [6, 6.07) is 22.8. The minimum atomic E-state index is -4.96. The van der Waals surface area contributed by atoms with Crippen LogP contribution in [0.3, 0.4) is 0 Å². The monoisotopic (exact) mass is 426 g/mol. The number of rotatable bonds is 4. The molecule has 4 nitrogen and oxygen atoms in total. The van der Waals surface area contributed by atoms with Gasteiger partial charge in [-0.1, -0.05) is 48.5 Å². The molecule has 160 valence electrons. The molecule has 0 spiro atoms. The van der Waals surface area contributed by atoms with Gasteiger partial charge in [0.2, 0.25) is 0 Å². The maximum Gasteiger partial charge on any atom is 0.471 e. The van der Waals surface area contributed by atoms with Crippen molar-refractivity contribution in [3.63, 3.8) is 0 Å². The van der Waals surface area contributed by atoms with E-state index in [1.54, 1.807) is 19.2 Å². The molecule has 1 heterocycles. The molecule has 1 N–H and O–H groups in total. The minimum absolute atomic E-state index is 0.282. The lowest BCUT2D eigenvalue weighted by Crippen LogP contribution is -2.52. The number of hydrogen-bond acceptors (Lipinski definition) is 3. The number of alkyl halides is 3. The van der Waals surface area contributed by atoms with Crippen molar-refractivity contribution in [1.29, 1.82) is 0 Å². The van der Waals surface area contributed by atoms with E-state index in [0.717, 1.165) is 22.5 Å². The van der Waals surface area contributed by atoms with E-state index < -0.39 is 24.2 Å². The van der Waals surface area contributed by atoms with Crippen LogP contribution in [0.2, 0.25) is 0 Å². The number of amides is 1. The summed E-state index contributed by atoms with van der Waals surface area (Å²) in [5.41, 5.74) is 3.34. The number of para-hydroxylation sites is 1. The Morgan fingerprint density at radius 1 is 0.968 bits per heavy atom. The lowest BCUT2D eigenvalue weighted by Gasteiger charge is -2.44. The Bertz CT molecular complexity index is 1050. The van der Waals surface area contributed by atoms with Gasteiger partial charge < -0.3 is 15.0 Å². The van der Waals surface area contributed by atoms with Crippen LogP contribution in [0.1, 0.15) is 17.2 Å². The van der Waals surface area contributed by atoms with Gasteiger partial charge in [0.1, 0.15) is 5.75 Å². The van der Waals surface area contributed by atoms with Gasteiger partial charge in [0.05, 0.1) is 19.2 Å². The van der Waals surface area contributed by atoms with Gasteiger partial charge in [-0.25, -0.2) is 0 Å². The molecule has 4 rings (SSSR count). The van der Waals surface area contributed by atoms with Crippen LogP contribution in [-0.4, -0.2) is 25.2 Å². The molecule has 0 saturated carbocycles. The number of benzene rings is 3. The molecular weight excluding hydrogens is 405 g/mol. The van der Waals surface area contributed by atoms with E-state index >= 15 is 0 Å². The average molecular weight is 426 g/mol. The predicted molar refractivity (Wildman–Crippen MR) is 112 cm³/mol. The molecular formula is C24H21F3N2O2. The number of ether oxygens (including phenoxy) is 1. The van der Waals surface area contributed by atoms with Crippen molar-refractivity contribution >= 4 is 17.3 Å². The molecule has 0 radical (unpaired) electrons. The second-order valence-electron chi connectivity index (χ2n) is 7.33. The lowest BCUT2D eigenvalue weighted by atomic mass is 9.86. The fourth-order valence-electron chi connectivity index (χ4n) is 4.05. The number of halogens is 3. The second kappa shape index (κ2) is 8.34. The molecule has 0 aromatic heterocycles. The van der Waals surface area contributed by atoms with Crippen molar-refractivity contribution in [3.05, 3.63) is 90.0 Å². The standard InChI is InChI=1S/C24H21F3N2O2/c1-31-19-13-11-18(12-14-19)29-21-10-6-5-9-17(21)15-20(28-23(30)24(25,26)27)22(29)16-7-3-2-4-8-16/h2-14,20,22H,15H2,1H3,(H,28,30)/t20-,22+/m0/s1. The average Bonchev–Trinajstić information content (AvgIpc) is 2.78. The number of methoxy groups -OCH3 is 1. The molecule has 0 fully saturated rings. The smallest absolute Gasteiger partial charge is 0.471 e. The van der Waals surface area contributed by atoms with Crippen LogP contribution in [0.25, 0.3) is 0 Å². The van der Waals surface area contributed by atoms with Crippen molar-refractivity contribution < 1.29 is 22.7 Å². The highest BCUT2D eigenvalue weighted by atomic mass is 19.4. The molecule has 3 aromatic rings. The Morgan fingerprint density at radius 2 is 1.61 bits per heavy atom. The van der Waals surface area contributed by atoms with Gasteiger partial charge in [-0.3, -0.25) is 4.79 Å². The molecule has 0 aliphatic carbocycles. The Morgan fingerprint density at radius 3 is 2.26 bits per heavy atom. The number of carbonyl (C=O) groups excluding carboxylic acids is 1. The highest BCUT2D eigenvalue weighted by Gasteiger charge is 2.44. The van der Waals surface area contributed by atoms with Crippen LogP contribution in [0.5, 0.6) is 5.75 Å². The molecule has 3 aromatic carbocycles. The van der Waals surface area contributed by atoms with E-state index in [0.29, 0.717) is 5.75 Å². The summed E-state index contributed by atoms with van der Waals surface area (Å²) in [6.07, 6.45) is -4.67. The molecule has 0 unspecified atom stereocenters. The molecule has 0 bridgehead atoms. The van der Waals surface area contributed by atoms with Crippen LogP contribution in [0.4, 0.5) is 24.5 Å². The van der Waals surface area contributed by atoms with Crippen LogP contribution < -0.4 is 15.0 Å². The maximum absolute atomic E-state index is 13.1. The highest BCUT2D eigenvalue weighted by Crippen LogP contribution is 2.44. The molecule has 1 amide bonds. The van der Waals surface area contributed by atoms with Gasteiger partial charge in [0, 0.05) is 11.4 Å². The second-order valence-corrected chi connectivity index (χ2v) is 7.33. The first-order valence-electron chi connectivity index (χ1n) is 9.82. The fraction of sp³-hybridized carbons (Fsp3) is 0.208. The fourth-order valence-corrected chi connectivity index (χ4v) is 4.05. The van der Waals surface area contributed by atoms with E-state index in [-0.39, 0.29) is 6.42 Å². The Balaban J connectivity index is 1.86. The SMILES string of the molecule is COc1ccc(N2c3ccccc3C[C@H](NC(=O)C(F)(F)F)[C@H]2c2ccccc2)cc1. The van der Waals surface area contributed by atoms with Gasteiger partial charge >= 0.3 is 12.1 Å². The Kier molecular flexibility index (Phi) is 5.59. The molecule has 0 saturated heterocycles.